The number of fused-ring (bicyclic) bond motifs is 2. The van der Waals surface area contributed by atoms with Gasteiger partial charge in [-0.3, -0.25) is 33.9 Å². The molecule has 0 bridgehead atoms. The van der Waals surface area contributed by atoms with Crippen LogP contribution in [-0.4, -0.2) is 108 Å². The van der Waals surface area contributed by atoms with Gasteiger partial charge < -0.3 is 34.6 Å². The van der Waals surface area contributed by atoms with E-state index in [4.69, 9.17) is 4.42 Å². The van der Waals surface area contributed by atoms with E-state index in [1.54, 1.807) is 60.4 Å². The molecule has 4 N–H and O–H groups in total. The van der Waals surface area contributed by atoms with Gasteiger partial charge >= 0.3 is 5.76 Å². The molecule has 2 saturated heterocycles. The molecule has 4 aromatic carbocycles. The maximum atomic E-state index is 13.9. The lowest BCUT2D eigenvalue weighted by Gasteiger charge is -2.36. The third-order valence-corrected chi connectivity index (χ3v) is 12.2. The molecule has 5 heterocycles. The average molecular weight is 868 g/mol. The van der Waals surface area contributed by atoms with Crippen molar-refractivity contribution in [3.8, 4) is 34.3 Å². The molecule has 2 aromatic heterocycles. The summed E-state index contributed by atoms with van der Waals surface area (Å²) in [5, 5.41) is 34.9. The zero-order chi connectivity index (χ0) is 45.1. The smallest absolute Gasteiger partial charge is 0.424 e. The van der Waals surface area contributed by atoms with E-state index in [2.05, 4.69) is 25.7 Å². The normalized spacial score (nSPS) is 16.5. The Morgan fingerprint density at radius 1 is 0.891 bits per heavy atom. The summed E-state index contributed by atoms with van der Waals surface area (Å²) in [5.74, 6) is -2.78. The molecule has 18 nitrogen and oxygen atoms in total. The molecule has 0 aliphatic carbocycles. The van der Waals surface area contributed by atoms with E-state index in [0.717, 1.165) is 11.3 Å². The van der Waals surface area contributed by atoms with E-state index < -0.39 is 23.6 Å². The summed E-state index contributed by atoms with van der Waals surface area (Å²) in [7, 11) is 0. The number of piperazine rings is 1. The molecular weight excluding hydrogens is 823 g/mol. The predicted octanol–water partition coefficient (Wildman–Crippen LogP) is 4.15. The van der Waals surface area contributed by atoms with Gasteiger partial charge in [0.2, 0.25) is 17.6 Å². The Labute approximate surface area is 365 Å². The van der Waals surface area contributed by atoms with Crippen LogP contribution >= 0.6 is 0 Å². The second-order valence-corrected chi connectivity index (χ2v) is 16.5. The van der Waals surface area contributed by atoms with Crippen LogP contribution in [0.2, 0.25) is 0 Å². The highest BCUT2D eigenvalue weighted by molar-refractivity contribution is 6.06. The van der Waals surface area contributed by atoms with E-state index in [1.807, 2.05) is 32.9 Å². The Morgan fingerprint density at radius 2 is 1.64 bits per heavy atom. The molecule has 9 rings (SSSR count). The molecule has 2 fully saturated rings. The summed E-state index contributed by atoms with van der Waals surface area (Å²) < 4.78 is 8.74. The predicted molar refractivity (Wildman–Crippen MR) is 233 cm³/mol. The summed E-state index contributed by atoms with van der Waals surface area (Å²) in [6, 6.07) is 17.7. The second-order valence-electron chi connectivity index (χ2n) is 16.5. The van der Waals surface area contributed by atoms with E-state index in [0.29, 0.717) is 77.5 Å². The van der Waals surface area contributed by atoms with E-state index in [-0.39, 0.29) is 71.7 Å². The van der Waals surface area contributed by atoms with E-state index in [9.17, 15) is 39.0 Å². The lowest BCUT2D eigenvalue weighted by molar-refractivity contribution is -0.136. The van der Waals surface area contributed by atoms with Gasteiger partial charge in [-0.2, -0.15) is 0 Å². The fraction of sp³-hybridized carbons (Fsp3) is 0.304. The van der Waals surface area contributed by atoms with E-state index >= 15 is 0 Å². The first-order valence-corrected chi connectivity index (χ1v) is 21.1. The van der Waals surface area contributed by atoms with Crippen molar-refractivity contribution in [3.05, 3.63) is 111 Å². The number of phenolic OH excluding ortho intramolecular Hbond substituents is 2. The molecule has 3 aliphatic heterocycles. The van der Waals surface area contributed by atoms with Crippen LogP contribution in [-0.2, 0) is 16.1 Å². The number of aryl methyl sites for hydroxylation is 1. The first-order chi connectivity index (χ1) is 30.7. The number of phenols is 2. The number of hydrogen-bond donors (Lipinski definition) is 4. The number of nitrogens with one attached hydrogen (secondary N) is 2. The molecule has 0 radical (unpaired) electrons. The Hall–Kier alpha value is -7.76. The largest absolute Gasteiger partial charge is 0.508 e. The minimum atomic E-state index is -0.810. The molecule has 0 spiro atoms. The Balaban J connectivity index is 0.946. The highest BCUT2D eigenvalue weighted by Crippen LogP contribution is 2.39. The number of aromatic hydroxyl groups is 2. The number of oxazole rings is 1. The standard InChI is InChI=1S/C46H45N9O9/c1-5-47-43(60)41-50-49-40(31-21-30(24(2)3)36(56)22-37(31)57)54(41)27-11-9-26(10-12-27)44(61)52-17-15-51(16-18-52)28-19-25(4)39-35(20-28)55(46(63)64-39)33-8-6-7-29-32(33)23-53(45(29)62)34-13-14-38(58)48-42(34)59/h6-12,19-22,24,34,56-57H,5,13-18,23H2,1-4H3,(H,47,60)(H,48,58,59). The number of nitrogens with zero attached hydrogens (tertiary/aromatic N) is 7. The van der Waals surface area contributed by atoms with Crippen LogP contribution in [0.1, 0.15) is 87.6 Å². The molecule has 0 saturated carbocycles. The molecule has 64 heavy (non-hydrogen) atoms. The summed E-state index contributed by atoms with van der Waals surface area (Å²) >= 11 is 0. The number of aromatic nitrogens is 4. The van der Waals surface area contributed by atoms with Gasteiger partial charge in [-0.1, -0.05) is 19.9 Å². The Morgan fingerprint density at radius 3 is 2.34 bits per heavy atom. The zero-order valence-corrected chi connectivity index (χ0v) is 35.5. The average Bonchev–Trinajstić information content (AvgIpc) is 3.97. The first-order valence-electron chi connectivity index (χ1n) is 21.1. The van der Waals surface area contributed by atoms with Gasteiger partial charge in [0.05, 0.1) is 16.8 Å². The monoisotopic (exact) mass is 867 g/mol. The van der Waals surface area contributed by atoms with Crippen LogP contribution in [0, 0.1) is 6.92 Å². The quantitative estimate of drug-likeness (QED) is 0.151. The number of hydrogen-bond acceptors (Lipinski definition) is 12. The number of carbonyl (C=O) groups is 5. The first kappa shape index (κ1) is 41.6. The summed E-state index contributed by atoms with van der Waals surface area (Å²) in [5.41, 5.74) is 5.60. The number of carbonyl (C=O) groups excluding carboxylic acids is 5. The summed E-state index contributed by atoms with van der Waals surface area (Å²) in [6.45, 7) is 9.63. The number of imide groups is 1. The van der Waals surface area contributed by atoms with Crippen molar-refractivity contribution in [1.29, 1.82) is 0 Å². The molecule has 6 aromatic rings. The van der Waals surface area contributed by atoms with Crippen molar-refractivity contribution in [3.63, 3.8) is 0 Å². The highest BCUT2D eigenvalue weighted by atomic mass is 16.4. The van der Waals surface area contributed by atoms with Crippen molar-refractivity contribution >= 4 is 46.3 Å². The highest BCUT2D eigenvalue weighted by Gasteiger charge is 2.40. The molecule has 1 atom stereocenters. The van der Waals surface area contributed by atoms with Gasteiger partial charge in [-0.25, -0.2) is 9.36 Å². The topological polar surface area (TPSA) is 225 Å². The van der Waals surface area contributed by atoms with Crippen LogP contribution in [0.15, 0.2) is 75.9 Å². The fourth-order valence-corrected chi connectivity index (χ4v) is 8.89. The van der Waals surface area contributed by atoms with Gasteiger partial charge in [0.25, 0.3) is 17.7 Å². The van der Waals surface area contributed by atoms with Gasteiger partial charge in [0.15, 0.2) is 11.4 Å². The van der Waals surface area contributed by atoms with Crippen LogP contribution in [0.25, 0.3) is 33.9 Å². The Kier molecular flexibility index (Phi) is 10.5. The van der Waals surface area contributed by atoms with E-state index in [1.165, 1.54) is 20.1 Å². The number of piperidine rings is 1. The van der Waals surface area contributed by atoms with Gasteiger partial charge in [0, 0.05) is 79.8 Å². The second kappa shape index (κ2) is 16.2. The zero-order valence-electron chi connectivity index (χ0n) is 35.5. The van der Waals surface area contributed by atoms with Crippen molar-refractivity contribution in [1.82, 2.24) is 39.8 Å². The third-order valence-electron chi connectivity index (χ3n) is 12.2. The fourth-order valence-electron chi connectivity index (χ4n) is 8.89. The molecule has 18 heteroatoms. The van der Waals surface area contributed by atoms with Crippen LogP contribution in [0.5, 0.6) is 11.5 Å². The summed E-state index contributed by atoms with van der Waals surface area (Å²) in [4.78, 5) is 84.1. The van der Waals surface area contributed by atoms with Crippen molar-refractivity contribution < 1.29 is 38.6 Å². The van der Waals surface area contributed by atoms with Gasteiger partial charge in [-0.15, -0.1) is 10.2 Å². The maximum Gasteiger partial charge on any atom is 0.424 e. The third kappa shape index (κ3) is 7.09. The SMILES string of the molecule is CCNC(=O)c1nnc(-c2cc(C(C)C)c(O)cc2O)n1-c1ccc(C(=O)N2CCN(c3cc(C)c4oc(=O)n(-c5cccc6c5CN(C5CCC(=O)NC5=O)C6=O)c4c3)CC2)cc1. The molecule has 3 aliphatic rings. The van der Waals surface area contributed by atoms with Crippen LogP contribution < -0.4 is 21.3 Å². The molecular formula is C46H45N9O9. The molecule has 1 unspecified atom stereocenters. The van der Waals surface area contributed by atoms with Crippen LogP contribution in [0.3, 0.4) is 0 Å². The van der Waals surface area contributed by atoms with Gasteiger partial charge in [0.1, 0.15) is 17.5 Å². The molecule has 328 valence electrons. The number of amides is 5. The van der Waals surface area contributed by atoms with Gasteiger partial charge in [-0.05, 0) is 91.9 Å². The molecule has 5 amide bonds. The van der Waals surface area contributed by atoms with Crippen molar-refractivity contribution in [2.24, 2.45) is 0 Å². The number of benzene rings is 4. The minimum absolute atomic E-state index is 0.0225. The summed E-state index contributed by atoms with van der Waals surface area (Å²) in [6.07, 6.45) is 0.334. The minimum Gasteiger partial charge on any atom is -0.508 e. The maximum absolute atomic E-state index is 13.9. The number of rotatable bonds is 9. The lowest BCUT2D eigenvalue weighted by Crippen LogP contribution is -2.52. The lowest BCUT2D eigenvalue weighted by atomic mass is 9.98. The Bertz CT molecular complexity index is 2980. The van der Waals surface area contributed by atoms with Crippen LogP contribution in [0.4, 0.5) is 5.69 Å². The van der Waals surface area contributed by atoms with Crippen molar-refractivity contribution in [2.45, 2.75) is 59.0 Å². The number of anilines is 1. The van der Waals surface area contributed by atoms with Crippen molar-refractivity contribution in [2.75, 3.05) is 37.6 Å².